The van der Waals surface area contributed by atoms with Gasteiger partial charge in [-0.1, -0.05) is 17.7 Å². The van der Waals surface area contributed by atoms with Gasteiger partial charge in [0.15, 0.2) is 0 Å². The number of hydrogen-bond acceptors (Lipinski definition) is 4. The molecule has 2 amide bonds. The Morgan fingerprint density at radius 2 is 1.87 bits per heavy atom. The largest absolute Gasteiger partial charge is 0.326 e. The number of nitrogens with zero attached hydrogens (tertiary/aromatic N) is 1. The van der Waals surface area contributed by atoms with Gasteiger partial charge in [0.1, 0.15) is 0 Å². The Labute approximate surface area is 182 Å². The Kier molecular flexibility index (Phi) is 6.11. The second kappa shape index (κ2) is 8.80. The van der Waals surface area contributed by atoms with Crippen molar-refractivity contribution in [2.24, 2.45) is 5.92 Å². The predicted molar refractivity (Wildman–Crippen MR) is 119 cm³/mol. The summed E-state index contributed by atoms with van der Waals surface area (Å²) in [4.78, 5) is 24.7. The highest BCUT2D eigenvalue weighted by molar-refractivity contribution is 7.89. The van der Waals surface area contributed by atoms with Crippen molar-refractivity contribution in [2.45, 2.75) is 43.9 Å². The summed E-state index contributed by atoms with van der Waals surface area (Å²) < 4.78 is 28.0. The number of piperidine rings is 1. The van der Waals surface area contributed by atoms with Crippen LogP contribution in [0.1, 0.15) is 36.8 Å². The fraction of sp³-hybridized carbons (Fsp3) is 0.391. The molecule has 2 aliphatic heterocycles. The molecular weight excluding hydrogens is 414 g/mol. The molecular formula is C23H27N3O4S. The zero-order valence-corrected chi connectivity index (χ0v) is 18.4. The molecule has 0 bridgehead atoms. The molecule has 2 aromatic carbocycles. The van der Waals surface area contributed by atoms with E-state index in [0.717, 1.165) is 11.1 Å². The van der Waals surface area contributed by atoms with Crippen LogP contribution in [0.2, 0.25) is 0 Å². The molecule has 164 valence electrons. The third-order valence-electron chi connectivity index (χ3n) is 5.91. The fourth-order valence-corrected chi connectivity index (χ4v) is 5.69. The number of carbonyl (C=O) groups excluding carboxylic acids is 2. The number of benzene rings is 2. The normalized spacial score (nSPS) is 19.8. The lowest BCUT2D eigenvalue weighted by Crippen LogP contribution is -2.43. The van der Waals surface area contributed by atoms with Crippen molar-refractivity contribution in [1.29, 1.82) is 0 Å². The Morgan fingerprint density at radius 3 is 2.65 bits per heavy atom. The van der Waals surface area contributed by atoms with Gasteiger partial charge in [-0.2, -0.15) is 4.31 Å². The molecule has 1 atom stereocenters. The Morgan fingerprint density at radius 1 is 1.10 bits per heavy atom. The predicted octanol–water partition coefficient (Wildman–Crippen LogP) is 3.31. The van der Waals surface area contributed by atoms with E-state index in [1.54, 1.807) is 12.1 Å². The smallest absolute Gasteiger partial charge is 0.243 e. The van der Waals surface area contributed by atoms with Gasteiger partial charge < -0.3 is 10.6 Å². The van der Waals surface area contributed by atoms with Gasteiger partial charge in [-0.15, -0.1) is 0 Å². The molecule has 0 aromatic heterocycles. The molecule has 0 spiro atoms. The van der Waals surface area contributed by atoms with Crippen LogP contribution in [0.25, 0.3) is 0 Å². The number of anilines is 2. The molecule has 1 fully saturated rings. The van der Waals surface area contributed by atoms with E-state index in [4.69, 9.17) is 0 Å². The summed E-state index contributed by atoms with van der Waals surface area (Å²) in [6.45, 7) is 2.53. The Balaban J connectivity index is 1.49. The highest BCUT2D eigenvalue weighted by Gasteiger charge is 2.33. The summed E-state index contributed by atoms with van der Waals surface area (Å²) in [6, 6.07) is 12.4. The van der Waals surface area contributed by atoms with Gasteiger partial charge in [-0.25, -0.2) is 8.42 Å². The SMILES string of the molecule is Cc1ccc(NC(=O)C2CCCN(S(=O)(=O)c3ccc4c(c3)CCCC(=O)N4)C2)cc1. The molecule has 4 rings (SSSR count). The second-order valence-corrected chi connectivity index (χ2v) is 10.2. The lowest BCUT2D eigenvalue weighted by Gasteiger charge is -2.31. The molecule has 2 aliphatic rings. The maximum Gasteiger partial charge on any atom is 0.243 e. The van der Waals surface area contributed by atoms with Crippen molar-refractivity contribution in [3.8, 4) is 0 Å². The zero-order chi connectivity index (χ0) is 22.0. The van der Waals surface area contributed by atoms with Crippen LogP contribution in [0.4, 0.5) is 11.4 Å². The van der Waals surface area contributed by atoms with Crippen LogP contribution < -0.4 is 10.6 Å². The van der Waals surface area contributed by atoms with E-state index in [9.17, 15) is 18.0 Å². The molecule has 1 unspecified atom stereocenters. The maximum atomic E-state index is 13.3. The van der Waals surface area contributed by atoms with Gasteiger partial charge in [-0.3, -0.25) is 9.59 Å². The van der Waals surface area contributed by atoms with Gasteiger partial charge in [0.2, 0.25) is 21.8 Å². The molecule has 2 aromatic rings. The van der Waals surface area contributed by atoms with E-state index >= 15 is 0 Å². The number of nitrogens with one attached hydrogen (secondary N) is 2. The number of rotatable bonds is 4. The third-order valence-corrected chi connectivity index (χ3v) is 7.77. The molecule has 2 N–H and O–H groups in total. The van der Waals surface area contributed by atoms with E-state index in [2.05, 4.69) is 10.6 Å². The minimum absolute atomic E-state index is 0.0483. The van der Waals surface area contributed by atoms with E-state index in [1.807, 2.05) is 31.2 Å². The summed E-state index contributed by atoms with van der Waals surface area (Å²) in [5.41, 5.74) is 3.32. The van der Waals surface area contributed by atoms with Crippen LogP contribution in [0.5, 0.6) is 0 Å². The van der Waals surface area contributed by atoms with Crippen molar-refractivity contribution >= 4 is 33.2 Å². The summed E-state index contributed by atoms with van der Waals surface area (Å²) in [5.74, 6) is -0.605. The van der Waals surface area contributed by atoms with Crippen molar-refractivity contribution in [3.63, 3.8) is 0 Å². The molecule has 0 aliphatic carbocycles. The van der Waals surface area contributed by atoms with Crippen molar-refractivity contribution in [3.05, 3.63) is 53.6 Å². The van der Waals surface area contributed by atoms with Gasteiger partial charge in [0.05, 0.1) is 10.8 Å². The van der Waals surface area contributed by atoms with Gasteiger partial charge >= 0.3 is 0 Å². The number of sulfonamides is 1. The first kappa shape index (κ1) is 21.5. The van der Waals surface area contributed by atoms with Crippen LogP contribution in [0.15, 0.2) is 47.4 Å². The highest BCUT2D eigenvalue weighted by Crippen LogP contribution is 2.29. The number of carbonyl (C=O) groups is 2. The lowest BCUT2D eigenvalue weighted by molar-refractivity contribution is -0.121. The standard InChI is InChI=1S/C23H27N3O4S/c1-16-7-9-19(10-8-16)24-23(28)18-5-3-13-26(15-18)31(29,30)20-11-12-21-17(14-20)4-2-6-22(27)25-21/h7-12,14,18H,2-6,13,15H2,1H3,(H,24,28)(H,25,27). The van der Waals surface area contributed by atoms with Gasteiger partial charge in [0, 0.05) is 30.9 Å². The van der Waals surface area contributed by atoms with E-state index in [0.29, 0.717) is 50.0 Å². The second-order valence-electron chi connectivity index (χ2n) is 8.28. The minimum atomic E-state index is -3.73. The number of amides is 2. The van der Waals surface area contributed by atoms with Crippen LogP contribution in [-0.2, 0) is 26.0 Å². The molecule has 31 heavy (non-hydrogen) atoms. The highest BCUT2D eigenvalue weighted by atomic mass is 32.2. The number of aryl methyl sites for hydroxylation is 2. The zero-order valence-electron chi connectivity index (χ0n) is 17.6. The van der Waals surface area contributed by atoms with E-state index < -0.39 is 15.9 Å². The Hall–Kier alpha value is -2.71. The maximum absolute atomic E-state index is 13.3. The van der Waals surface area contributed by atoms with Crippen molar-refractivity contribution < 1.29 is 18.0 Å². The molecule has 0 radical (unpaired) electrons. The van der Waals surface area contributed by atoms with Crippen molar-refractivity contribution in [1.82, 2.24) is 4.31 Å². The minimum Gasteiger partial charge on any atom is -0.326 e. The first-order chi connectivity index (χ1) is 14.8. The molecule has 1 saturated heterocycles. The van der Waals surface area contributed by atoms with Crippen LogP contribution in [0, 0.1) is 12.8 Å². The van der Waals surface area contributed by atoms with Gasteiger partial charge in [-0.05, 0) is 68.5 Å². The van der Waals surface area contributed by atoms with Crippen LogP contribution in [0.3, 0.4) is 0 Å². The van der Waals surface area contributed by atoms with Crippen LogP contribution in [-0.4, -0.2) is 37.6 Å². The summed E-state index contributed by atoms with van der Waals surface area (Å²) >= 11 is 0. The molecule has 2 heterocycles. The molecule has 0 saturated carbocycles. The topological polar surface area (TPSA) is 95.6 Å². The molecule has 8 heteroatoms. The van der Waals surface area contributed by atoms with Crippen LogP contribution >= 0.6 is 0 Å². The first-order valence-electron chi connectivity index (χ1n) is 10.6. The average Bonchev–Trinajstić information content (AvgIpc) is 2.95. The summed E-state index contributed by atoms with van der Waals surface area (Å²) in [5, 5.41) is 5.73. The first-order valence-corrected chi connectivity index (χ1v) is 12.1. The third kappa shape index (κ3) is 4.80. The fourth-order valence-electron chi connectivity index (χ4n) is 4.12. The lowest BCUT2D eigenvalue weighted by atomic mass is 9.98. The summed E-state index contributed by atoms with van der Waals surface area (Å²) in [6.07, 6.45) is 3.05. The Bertz CT molecular complexity index is 1100. The van der Waals surface area contributed by atoms with E-state index in [1.165, 1.54) is 10.4 Å². The van der Waals surface area contributed by atoms with Gasteiger partial charge in [0.25, 0.3) is 0 Å². The number of fused-ring (bicyclic) bond motifs is 1. The summed E-state index contributed by atoms with van der Waals surface area (Å²) in [7, 11) is -3.73. The van der Waals surface area contributed by atoms with E-state index in [-0.39, 0.29) is 23.3 Å². The van der Waals surface area contributed by atoms with Crippen molar-refractivity contribution in [2.75, 3.05) is 23.7 Å². The number of hydrogen-bond donors (Lipinski definition) is 2. The average molecular weight is 442 g/mol. The quantitative estimate of drug-likeness (QED) is 0.761. The monoisotopic (exact) mass is 441 g/mol. The molecule has 7 nitrogen and oxygen atoms in total.